The van der Waals surface area contributed by atoms with Crippen molar-refractivity contribution >= 4 is 50.6 Å². The van der Waals surface area contributed by atoms with Gasteiger partial charge in [0.15, 0.2) is 4.67 Å². The molecule has 112 valence electrons. The monoisotopic (exact) mass is 377 g/mol. The van der Waals surface area contributed by atoms with E-state index in [1.807, 2.05) is 32.0 Å². The van der Waals surface area contributed by atoms with Gasteiger partial charge in [-0.05, 0) is 70.9 Å². The minimum Gasteiger partial charge on any atom is -0.450 e. The maximum Gasteiger partial charge on any atom is 0.298 e. The lowest BCUT2D eigenvalue weighted by Gasteiger charge is -2.15. The first-order valence-electron chi connectivity index (χ1n) is 6.56. The summed E-state index contributed by atoms with van der Waals surface area (Å²) in [5, 5.41) is -0.296. The Kier molecular flexibility index (Phi) is 3.97. The highest BCUT2D eigenvalue weighted by atomic mass is 79.9. The third-order valence-electron chi connectivity index (χ3n) is 3.27. The largest absolute Gasteiger partial charge is 0.450 e. The zero-order valence-corrected chi connectivity index (χ0v) is 14.3. The van der Waals surface area contributed by atoms with E-state index in [2.05, 4.69) is 15.9 Å². The Morgan fingerprint density at radius 2 is 1.95 bits per heavy atom. The number of halogens is 1. The van der Waals surface area contributed by atoms with Crippen LogP contribution in [0.1, 0.15) is 16.9 Å². The van der Waals surface area contributed by atoms with Crippen molar-refractivity contribution in [3.05, 3.63) is 56.8 Å². The summed E-state index contributed by atoms with van der Waals surface area (Å²) in [7, 11) is 0. The van der Waals surface area contributed by atoms with Crippen molar-refractivity contribution in [3.63, 3.8) is 0 Å². The fraction of sp³-hybridized carbons (Fsp3) is 0.125. The SMILES string of the molecule is Cc1ccc(C)c(N2C(=O)S/C(=C/c3ccc(Br)o3)C2=O)c1. The number of carbonyl (C=O) groups excluding carboxylic acids is 2. The molecular formula is C16H12BrNO3S. The molecule has 1 aliphatic heterocycles. The summed E-state index contributed by atoms with van der Waals surface area (Å²) < 4.78 is 5.93. The van der Waals surface area contributed by atoms with E-state index in [1.54, 1.807) is 18.2 Å². The summed E-state index contributed by atoms with van der Waals surface area (Å²) in [6.45, 7) is 3.81. The van der Waals surface area contributed by atoms with Crippen LogP contribution >= 0.6 is 27.7 Å². The van der Waals surface area contributed by atoms with Crippen LogP contribution < -0.4 is 4.90 Å². The first-order chi connectivity index (χ1) is 10.5. The van der Waals surface area contributed by atoms with Gasteiger partial charge in [-0.25, -0.2) is 4.90 Å². The van der Waals surface area contributed by atoms with Crippen LogP contribution in [0.5, 0.6) is 0 Å². The number of imide groups is 1. The van der Waals surface area contributed by atoms with E-state index < -0.39 is 0 Å². The van der Waals surface area contributed by atoms with Crippen LogP contribution in [0, 0.1) is 13.8 Å². The van der Waals surface area contributed by atoms with Crippen molar-refractivity contribution < 1.29 is 14.0 Å². The number of thioether (sulfide) groups is 1. The molecule has 2 amide bonds. The highest BCUT2D eigenvalue weighted by molar-refractivity contribution is 9.10. The maximum absolute atomic E-state index is 12.6. The zero-order chi connectivity index (χ0) is 15.9. The molecule has 1 saturated heterocycles. The molecule has 0 atom stereocenters. The minimum atomic E-state index is -0.323. The lowest BCUT2D eigenvalue weighted by Crippen LogP contribution is -2.28. The number of carbonyl (C=O) groups is 2. The van der Waals surface area contributed by atoms with Gasteiger partial charge in [0.2, 0.25) is 0 Å². The number of benzene rings is 1. The van der Waals surface area contributed by atoms with Gasteiger partial charge in [-0.3, -0.25) is 9.59 Å². The fourth-order valence-electron chi connectivity index (χ4n) is 2.17. The van der Waals surface area contributed by atoms with Crippen molar-refractivity contribution in [1.82, 2.24) is 0 Å². The van der Waals surface area contributed by atoms with E-state index >= 15 is 0 Å². The second-order valence-electron chi connectivity index (χ2n) is 4.95. The summed E-state index contributed by atoms with van der Waals surface area (Å²) >= 11 is 4.13. The van der Waals surface area contributed by atoms with Crippen molar-refractivity contribution in [2.24, 2.45) is 0 Å². The summed E-state index contributed by atoms with van der Waals surface area (Å²) in [6, 6.07) is 9.17. The third-order valence-corrected chi connectivity index (χ3v) is 4.56. The van der Waals surface area contributed by atoms with Gasteiger partial charge in [0, 0.05) is 6.08 Å². The number of aryl methyl sites for hydroxylation is 2. The van der Waals surface area contributed by atoms with Crippen LogP contribution in [0.15, 0.2) is 44.3 Å². The number of anilines is 1. The molecule has 2 aromatic rings. The molecule has 0 radical (unpaired) electrons. The van der Waals surface area contributed by atoms with Crippen LogP contribution in [0.2, 0.25) is 0 Å². The molecule has 1 fully saturated rings. The molecule has 1 aromatic heterocycles. The van der Waals surface area contributed by atoms with Crippen LogP contribution in [0.4, 0.5) is 10.5 Å². The average molecular weight is 378 g/mol. The van der Waals surface area contributed by atoms with E-state index in [0.29, 0.717) is 21.0 Å². The van der Waals surface area contributed by atoms with Crippen molar-refractivity contribution in [2.45, 2.75) is 13.8 Å². The third kappa shape index (κ3) is 2.76. The predicted octanol–water partition coefficient (Wildman–Crippen LogP) is 4.90. The molecule has 0 N–H and O–H groups in total. The highest BCUT2D eigenvalue weighted by Crippen LogP contribution is 2.37. The molecule has 1 aliphatic rings. The lowest BCUT2D eigenvalue weighted by atomic mass is 10.1. The molecule has 3 rings (SSSR count). The normalized spacial score (nSPS) is 16.9. The van der Waals surface area contributed by atoms with Crippen LogP contribution in [-0.2, 0) is 4.79 Å². The standard InChI is InChI=1S/C16H12BrNO3S/c1-9-3-4-10(2)12(7-9)18-15(19)13(22-16(18)20)8-11-5-6-14(17)21-11/h3-8H,1-2H3/b13-8+. The van der Waals surface area contributed by atoms with E-state index in [1.165, 1.54) is 4.90 Å². The number of furan rings is 1. The van der Waals surface area contributed by atoms with E-state index in [-0.39, 0.29) is 11.1 Å². The Morgan fingerprint density at radius 3 is 2.64 bits per heavy atom. The van der Waals surface area contributed by atoms with Gasteiger partial charge in [-0.15, -0.1) is 0 Å². The Morgan fingerprint density at radius 1 is 1.18 bits per heavy atom. The summed E-state index contributed by atoms with van der Waals surface area (Å²) in [6.07, 6.45) is 1.58. The Bertz CT molecular complexity index is 809. The quantitative estimate of drug-likeness (QED) is 0.698. The molecule has 1 aromatic carbocycles. The molecule has 6 heteroatoms. The van der Waals surface area contributed by atoms with Crippen LogP contribution in [-0.4, -0.2) is 11.1 Å². The van der Waals surface area contributed by atoms with Gasteiger partial charge in [0.1, 0.15) is 5.76 Å². The molecule has 0 bridgehead atoms. The van der Waals surface area contributed by atoms with Gasteiger partial charge in [-0.1, -0.05) is 12.1 Å². The molecule has 0 aliphatic carbocycles. The predicted molar refractivity (Wildman–Crippen MR) is 90.8 cm³/mol. The van der Waals surface area contributed by atoms with Gasteiger partial charge < -0.3 is 4.42 Å². The van der Waals surface area contributed by atoms with Gasteiger partial charge >= 0.3 is 0 Å². The van der Waals surface area contributed by atoms with Gasteiger partial charge in [0.05, 0.1) is 10.6 Å². The average Bonchev–Trinajstić information content (AvgIpc) is 2.98. The summed E-state index contributed by atoms with van der Waals surface area (Å²) in [5.41, 5.74) is 2.51. The van der Waals surface area contributed by atoms with Gasteiger partial charge in [0.25, 0.3) is 11.1 Å². The Labute approximate surface area is 140 Å². The molecule has 22 heavy (non-hydrogen) atoms. The zero-order valence-electron chi connectivity index (χ0n) is 11.9. The lowest BCUT2D eigenvalue weighted by molar-refractivity contribution is -0.113. The first kappa shape index (κ1) is 15.1. The van der Waals surface area contributed by atoms with Crippen LogP contribution in [0.3, 0.4) is 0 Å². The fourth-order valence-corrected chi connectivity index (χ4v) is 3.30. The molecule has 0 spiro atoms. The number of amides is 2. The van der Waals surface area contributed by atoms with Gasteiger partial charge in [-0.2, -0.15) is 0 Å². The molecular weight excluding hydrogens is 366 g/mol. The number of rotatable bonds is 2. The number of hydrogen-bond acceptors (Lipinski definition) is 4. The number of hydrogen-bond donors (Lipinski definition) is 0. The van der Waals surface area contributed by atoms with Crippen molar-refractivity contribution in [3.8, 4) is 0 Å². The molecule has 2 heterocycles. The maximum atomic E-state index is 12.6. The van der Waals surface area contributed by atoms with E-state index in [4.69, 9.17) is 4.42 Å². The number of nitrogens with zero attached hydrogens (tertiary/aromatic N) is 1. The van der Waals surface area contributed by atoms with Crippen molar-refractivity contribution in [2.75, 3.05) is 4.90 Å². The second kappa shape index (κ2) is 5.78. The second-order valence-corrected chi connectivity index (χ2v) is 6.72. The molecule has 4 nitrogen and oxygen atoms in total. The topological polar surface area (TPSA) is 50.5 Å². The highest BCUT2D eigenvalue weighted by Gasteiger charge is 2.37. The molecule has 0 saturated carbocycles. The summed E-state index contributed by atoms with van der Waals surface area (Å²) in [5.74, 6) is 0.203. The Hall–Kier alpha value is -1.79. The van der Waals surface area contributed by atoms with E-state index in [0.717, 1.165) is 22.9 Å². The first-order valence-corrected chi connectivity index (χ1v) is 8.17. The summed E-state index contributed by atoms with van der Waals surface area (Å²) in [4.78, 5) is 26.4. The van der Waals surface area contributed by atoms with E-state index in [9.17, 15) is 9.59 Å². The molecule has 0 unspecified atom stereocenters. The van der Waals surface area contributed by atoms with Crippen molar-refractivity contribution in [1.29, 1.82) is 0 Å². The smallest absolute Gasteiger partial charge is 0.298 e. The van der Waals surface area contributed by atoms with Crippen LogP contribution in [0.25, 0.3) is 6.08 Å². The Balaban J connectivity index is 1.98. The minimum absolute atomic E-state index is 0.296.